The standard InChI is InChI=1S/C16H20N2O5S/c1-5-9(3)23-11(19)7-18-8-17-14-12(15(18)20)10(4)13(24-14)16(21)22-6-2/h8-9H,5-7H2,1-4H3/t9-/m0/s1. The van der Waals surface area contributed by atoms with Crippen LogP contribution in [-0.4, -0.2) is 34.2 Å². The number of fused-ring (bicyclic) bond motifs is 1. The Hall–Kier alpha value is -2.22. The number of ether oxygens (including phenoxy) is 2. The van der Waals surface area contributed by atoms with Gasteiger partial charge in [0, 0.05) is 0 Å². The summed E-state index contributed by atoms with van der Waals surface area (Å²) in [6.45, 7) is 7.13. The summed E-state index contributed by atoms with van der Waals surface area (Å²) in [5.74, 6) is -0.966. The number of aryl methyl sites for hydroxylation is 1. The Morgan fingerprint density at radius 2 is 2.08 bits per heavy atom. The van der Waals surface area contributed by atoms with Gasteiger partial charge in [0.25, 0.3) is 5.56 Å². The zero-order valence-corrected chi connectivity index (χ0v) is 14.9. The summed E-state index contributed by atoms with van der Waals surface area (Å²) in [6, 6.07) is 0. The van der Waals surface area contributed by atoms with Crippen molar-refractivity contribution >= 4 is 33.5 Å². The maximum absolute atomic E-state index is 12.6. The lowest BCUT2D eigenvalue weighted by atomic mass is 10.2. The van der Waals surface area contributed by atoms with Crippen molar-refractivity contribution in [3.63, 3.8) is 0 Å². The van der Waals surface area contributed by atoms with Crippen LogP contribution in [0.5, 0.6) is 0 Å². The van der Waals surface area contributed by atoms with Gasteiger partial charge in [-0.1, -0.05) is 6.92 Å². The number of nitrogens with zero attached hydrogens (tertiary/aromatic N) is 2. The first-order valence-corrected chi connectivity index (χ1v) is 8.55. The molecule has 24 heavy (non-hydrogen) atoms. The molecule has 8 heteroatoms. The van der Waals surface area contributed by atoms with Crippen LogP contribution in [-0.2, 0) is 20.8 Å². The predicted octanol–water partition coefficient (Wildman–Crippen LogP) is 2.28. The SMILES string of the molecule is CCOC(=O)c1sc2ncn(CC(=O)O[C@@H](C)CC)c(=O)c2c1C. The summed E-state index contributed by atoms with van der Waals surface area (Å²) < 4.78 is 11.4. The summed E-state index contributed by atoms with van der Waals surface area (Å²) in [5, 5.41) is 0.335. The van der Waals surface area contributed by atoms with Gasteiger partial charge in [-0.3, -0.25) is 14.2 Å². The normalized spacial score (nSPS) is 12.2. The van der Waals surface area contributed by atoms with E-state index >= 15 is 0 Å². The molecular weight excluding hydrogens is 332 g/mol. The first kappa shape index (κ1) is 18.1. The van der Waals surface area contributed by atoms with Crippen molar-refractivity contribution in [2.75, 3.05) is 6.61 Å². The molecular formula is C16H20N2O5S. The molecule has 0 saturated carbocycles. The molecule has 7 nitrogen and oxygen atoms in total. The van der Waals surface area contributed by atoms with E-state index in [1.807, 2.05) is 6.92 Å². The fourth-order valence-electron chi connectivity index (χ4n) is 2.15. The molecule has 1 atom stereocenters. The van der Waals surface area contributed by atoms with E-state index in [2.05, 4.69) is 4.98 Å². The fraction of sp³-hybridized carbons (Fsp3) is 0.500. The Bertz CT molecular complexity index is 824. The molecule has 0 N–H and O–H groups in total. The molecule has 0 aromatic carbocycles. The van der Waals surface area contributed by atoms with Crippen molar-refractivity contribution in [3.05, 3.63) is 27.1 Å². The van der Waals surface area contributed by atoms with Crippen LogP contribution in [0.4, 0.5) is 0 Å². The van der Waals surface area contributed by atoms with Gasteiger partial charge in [0.15, 0.2) is 0 Å². The van der Waals surface area contributed by atoms with Crippen molar-refractivity contribution < 1.29 is 19.1 Å². The maximum Gasteiger partial charge on any atom is 0.348 e. The van der Waals surface area contributed by atoms with Gasteiger partial charge in [-0.15, -0.1) is 11.3 Å². The average Bonchev–Trinajstić information content (AvgIpc) is 2.88. The molecule has 2 aromatic rings. The minimum atomic E-state index is -0.494. The molecule has 130 valence electrons. The average molecular weight is 352 g/mol. The van der Waals surface area contributed by atoms with Gasteiger partial charge in [-0.05, 0) is 32.8 Å². The van der Waals surface area contributed by atoms with Crippen molar-refractivity contribution in [2.24, 2.45) is 0 Å². The molecule has 0 amide bonds. The number of carbonyl (C=O) groups is 2. The second-order valence-electron chi connectivity index (χ2n) is 5.34. The highest BCUT2D eigenvalue weighted by Crippen LogP contribution is 2.27. The molecule has 0 spiro atoms. The monoisotopic (exact) mass is 352 g/mol. The third-order valence-electron chi connectivity index (χ3n) is 3.59. The number of rotatable bonds is 6. The van der Waals surface area contributed by atoms with Crippen molar-refractivity contribution in [2.45, 2.75) is 46.8 Å². The number of esters is 2. The molecule has 0 aliphatic heterocycles. The Labute approximate surface area is 143 Å². The van der Waals surface area contributed by atoms with E-state index in [0.717, 1.165) is 11.3 Å². The van der Waals surface area contributed by atoms with Crippen molar-refractivity contribution in [1.82, 2.24) is 9.55 Å². The molecule has 0 radical (unpaired) electrons. The van der Waals surface area contributed by atoms with Crippen LogP contribution in [0, 0.1) is 6.92 Å². The van der Waals surface area contributed by atoms with Crippen LogP contribution >= 0.6 is 11.3 Å². The van der Waals surface area contributed by atoms with Gasteiger partial charge in [0.1, 0.15) is 16.3 Å². The summed E-state index contributed by atoms with van der Waals surface area (Å²) in [7, 11) is 0. The van der Waals surface area contributed by atoms with Gasteiger partial charge >= 0.3 is 11.9 Å². The summed E-state index contributed by atoms with van der Waals surface area (Å²) in [5.41, 5.74) is 0.154. The van der Waals surface area contributed by atoms with E-state index < -0.39 is 11.9 Å². The minimum Gasteiger partial charge on any atom is -0.462 e. The second kappa shape index (κ2) is 7.57. The van der Waals surface area contributed by atoms with Gasteiger partial charge in [0.2, 0.25) is 0 Å². The molecule has 2 rings (SSSR count). The van der Waals surface area contributed by atoms with Gasteiger partial charge < -0.3 is 9.47 Å². The molecule has 0 saturated heterocycles. The van der Waals surface area contributed by atoms with Gasteiger partial charge in [0.05, 0.1) is 24.4 Å². The molecule has 0 unspecified atom stereocenters. The summed E-state index contributed by atoms with van der Waals surface area (Å²) in [6.07, 6.45) is 1.79. The molecule has 2 heterocycles. The lowest BCUT2D eigenvalue weighted by molar-refractivity contribution is -0.149. The molecule has 0 bridgehead atoms. The number of hydrogen-bond acceptors (Lipinski definition) is 7. The summed E-state index contributed by atoms with van der Waals surface area (Å²) in [4.78, 5) is 41.4. The second-order valence-corrected chi connectivity index (χ2v) is 6.34. The highest BCUT2D eigenvalue weighted by molar-refractivity contribution is 7.20. The number of hydrogen-bond donors (Lipinski definition) is 0. The van der Waals surface area contributed by atoms with Crippen LogP contribution in [0.15, 0.2) is 11.1 Å². The quantitative estimate of drug-likeness (QED) is 0.741. The lowest BCUT2D eigenvalue weighted by Crippen LogP contribution is -2.27. The third-order valence-corrected chi connectivity index (χ3v) is 4.76. The van der Waals surface area contributed by atoms with Crippen molar-refractivity contribution in [1.29, 1.82) is 0 Å². The molecule has 2 aromatic heterocycles. The van der Waals surface area contributed by atoms with E-state index in [1.54, 1.807) is 20.8 Å². The number of thiophene rings is 1. The van der Waals surface area contributed by atoms with Crippen LogP contribution in [0.1, 0.15) is 42.4 Å². The Morgan fingerprint density at radius 3 is 2.71 bits per heavy atom. The first-order chi connectivity index (χ1) is 11.4. The van der Waals surface area contributed by atoms with E-state index in [-0.39, 0.29) is 24.8 Å². The Morgan fingerprint density at radius 1 is 1.38 bits per heavy atom. The highest BCUT2D eigenvalue weighted by Gasteiger charge is 2.21. The topological polar surface area (TPSA) is 87.5 Å². The first-order valence-electron chi connectivity index (χ1n) is 7.74. The summed E-state index contributed by atoms with van der Waals surface area (Å²) >= 11 is 1.11. The van der Waals surface area contributed by atoms with Gasteiger partial charge in [-0.25, -0.2) is 9.78 Å². The maximum atomic E-state index is 12.6. The van der Waals surface area contributed by atoms with E-state index in [0.29, 0.717) is 27.1 Å². The van der Waals surface area contributed by atoms with Crippen LogP contribution in [0.2, 0.25) is 0 Å². The molecule has 0 fully saturated rings. The predicted molar refractivity (Wildman–Crippen MR) is 90.4 cm³/mol. The smallest absolute Gasteiger partial charge is 0.348 e. The number of aromatic nitrogens is 2. The number of carbonyl (C=O) groups excluding carboxylic acids is 2. The minimum absolute atomic E-state index is 0.205. The van der Waals surface area contributed by atoms with Crippen LogP contribution < -0.4 is 5.56 Å². The Kier molecular flexibility index (Phi) is 5.71. The molecule has 0 aliphatic carbocycles. The zero-order chi connectivity index (χ0) is 17.9. The third kappa shape index (κ3) is 3.64. The fourth-order valence-corrected chi connectivity index (χ4v) is 3.18. The van der Waals surface area contributed by atoms with Gasteiger partial charge in [-0.2, -0.15) is 0 Å². The van der Waals surface area contributed by atoms with Crippen LogP contribution in [0.3, 0.4) is 0 Å². The zero-order valence-electron chi connectivity index (χ0n) is 14.1. The largest absolute Gasteiger partial charge is 0.462 e. The Balaban J connectivity index is 2.37. The van der Waals surface area contributed by atoms with Crippen LogP contribution in [0.25, 0.3) is 10.2 Å². The van der Waals surface area contributed by atoms with E-state index in [9.17, 15) is 14.4 Å². The lowest BCUT2D eigenvalue weighted by Gasteiger charge is -2.11. The van der Waals surface area contributed by atoms with Crippen molar-refractivity contribution in [3.8, 4) is 0 Å². The highest BCUT2D eigenvalue weighted by atomic mass is 32.1. The van der Waals surface area contributed by atoms with E-state index in [1.165, 1.54) is 10.9 Å². The van der Waals surface area contributed by atoms with E-state index in [4.69, 9.17) is 9.47 Å². The molecule has 0 aliphatic rings.